The van der Waals surface area contributed by atoms with Crippen molar-refractivity contribution in [2.45, 2.75) is 19.3 Å². The van der Waals surface area contributed by atoms with Crippen molar-refractivity contribution in [2.24, 2.45) is 23.7 Å². The highest BCUT2D eigenvalue weighted by Gasteiger charge is 2.62. The van der Waals surface area contributed by atoms with Gasteiger partial charge in [0, 0.05) is 12.3 Å². The first kappa shape index (κ1) is 4.48. The van der Waals surface area contributed by atoms with Gasteiger partial charge in [-0.3, -0.25) is 4.79 Å². The molecule has 48 valence electrons. The van der Waals surface area contributed by atoms with Crippen LogP contribution in [-0.2, 0) is 4.79 Å². The lowest BCUT2D eigenvalue weighted by Crippen LogP contribution is -2.19. The smallest absolute Gasteiger partial charge is 0.136 e. The second kappa shape index (κ2) is 1.09. The molecular formula is C8H10O. The number of carbonyl (C=O) groups is 1. The van der Waals surface area contributed by atoms with E-state index in [1.165, 1.54) is 12.8 Å². The molecule has 0 spiro atoms. The second-order valence-corrected chi connectivity index (χ2v) is 3.86. The van der Waals surface area contributed by atoms with E-state index in [0.29, 0.717) is 11.7 Å². The Kier molecular flexibility index (Phi) is 0.544. The van der Waals surface area contributed by atoms with Crippen molar-refractivity contribution in [1.82, 2.24) is 0 Å². The molecule has 0 aromatic heterocycles. The first-order valence-corrected chi connectivity index (χ1v) is 3.89. The van der Waals surface area contributed by atoms with Gasteiger partial charge in [0.15, 0.2) is 0 Å². The zero-order valence-corrected chi connectivity index (χ0v) is 5.34. The van der Waals surface area contributed by atoms with Gasteiger partial charge in [-0.1, -0.05) is 0 Å². The van der Waals surface area contributed by atoms with E-state index in [2.05, 4.69) is 0 Å². The number of Topliss-reactive ketones (excluding diaryl/α,β-unsaturated/α-hetero) is 1. The standard InChI is InChI=1S/C8H10O/c9-7-3-4-1-5-6(2-4)8(5)7/h4-6,8H,1-3H2/t4?,5-,6-,8?/m0/s1. The van der Waals surface area contributed by atoms with Gasteiger partial charge in [0.25, 0.3) is 0 Å². The van der Waals surface area contributed by atoms with Gasteiger partial charge in [-0.2, -0.15) is 0 Å². The van der Waals surface area contributed by atoms with Crippen molar-refractivity contribution in [2.75, 3.05) is 0 Å². The van der Waals surface area contributed by atoms with Crippen LogP contribution in [0, 0.1) is 23.7 Å². The van der Waals surface area contributed by atoms with Crippen LogP contribution < -0.4 is 0 Å². The summed E-state index contributed by atoms with van der Waals surface area (Å²) < 4.78 is 0. The summed E-state index contributed by atoms with van der Waals surface area (Å²) in [6.45, 7) is 0. The van der Waals surface area contributed by atoms with Crippen LogP contribution >= 0.6 is 0 Å². The maximum atomic E-state index is 11.1. The van der Waals surface area contributed by atoms with Crippen LogP contribution in [0.3, 0.4) is 0 Å². The minimum absolute atomic E-state index is 0.565. The van der Waals surface area contributed by atoms with Gasteiger partial charge in [-0.05, 0) is 30.6 Å². The van der Waals surface area contributed by atoms with Crippen molar-refractivity contribution < 1.29 is 4.79 Å². The van der Waals surface area contributed by atoms with E-state index in [4.69, 9.17) is 0 Å². The number of carbonyl (C=O) groups excluding carboxylic acids is 1. The zero-order valence-electron chi connectivity index (χ0n) is 5.34. The van der Waals surface area contributed by atoms with E-state index in [9.17, 15) is 4.79 Å². The summed E-state index contributed by atoms with van der Waals surface area (Å²) in [6, 6.07) is 0. The van der Waals surface area contributed by atoms with Crippen LogP contribution in [0.15, 0.2) is 0 Å². The van der Waals surface area contributed by atoms with Crippen LogP contribution in [-0.4, -0.2) is 5.78 Å². The average molecular weight is 122 g/mol. The molecule has 1 heteroatoms. The molecule has 4 fully saturated rings. The molecule has 1 nitrogen and oxygen atoms in total. The third kappa shape index (κ3) is 0.374. The molecule has 0 radical (unpaired) electrons. The number of fused-ring (bicyclic) bond motifs is 1. The van der Waals surface area contributed by atoms with Crippen molar-refractivity contribution in [3.05, 3.63) is 0 Å². The molecule has 0 amide bonds. The monoisotopic (exact) mass is 122 g/mol. The molecule has 4 aliphatic carbocycles. The highest BCUT2D eigenvalue weighted by molar-refractivity contribution is 5.86. The van der Waals surface area contributed by atoms with E-state index >= 15 is 0 Å². The zero-order chi connectivity index (χ0) is 6.01. The molecule has 0 saturated heterocycles. The van der Waals surface area contributed by atoms with Crippen LogP contribution in [0.4, 0.5) is 0 Å². The highest BCUT2D eigenvalue weighted by atomic mass is 16.1. The van der Waals surface area contributed by atoms with Crippen LogP contribution in [0.5, 0.6) is 0 Å². The van der Waals surface area contributed by atoms with Crippen molar-refractivity contribution in [3.8, 4) is 0 Å². The molecule has 4 saturated carbocycles. The normalized spacial score (nSPS) is 60.2. The number of rotatable bonds is 0. The molecule has 2 atom stereocenters. The minimum atomic E-state index is 0.565. The van der Waals surface area contributed by atoms with Gasteiger partial charge < -0.3 is 0 Å². The van der Waals surface area contributed by atoms with Gasteiger partial charge in [-0.25, -0.2) is 0 Å². The molecule has 0 N–H and O–H groups in total. The SMILES string of the molecule is O=C1CC2C[C@@H]3C1[C@H]3C2. The van der Waals surface area contributed by atoms with E-state index in [-0.39, 0.29) is 0 Å². The summed E-state index contributed by atoms with van der Waals surface area (Å²) in [4.78, 5) is 11.1. The Balaban J connectivity index is 2.03. The summed E-state index contributed by atoms with van der Waals surface area (Å²) in [5, 5.41) is 0. The van der Waals surface area contributed by atoms with Gasteiger partial charge in [-0.15, -0.1) is 0 Å². The number of ketones is 1. The lowest BCUT2D eigenvalue weighted by atomic mass is 9.85. The first-order chi connectivity index (χ1) is 4.36. The summed E-state index contributed by atoms with van der Waals surface area (Å²) in [5.74, 6) is 3.72. The summed E-state index contributed by atoms with van der Waals surface area (Å²) in [7, 11) is 0. The number of hydrogen-bond donors (Lipinski definition) is 0. The third-order valence-electron chi connectivity index (χ3n) is 3.40. The Hall–Kier alpha value is -0.330. The van der Waals surface area contributed by atoms with Crippen LogP contribution in [0.1, 0.15) is 19.3 Å². The molecular weight excluding hydrogens is 112 g/mol. The first-order valence-electron chi connectivity index (χ1n) is 3.89. The van der Waals surface area contributed by atoms with Gasteiger partial charge >= 0.3 is 0 Å². The molecule has 9 heavy (non-hydrogen) atoms. The Labute approximate surface area is 54.4 Å². The van der Waals surface area contributed by atoms with E-state index in [0.717, 1.165) is 24.2 Å². The Morgan fingerprint density at radius 2 is 1.89 bits per heavy atom. The molecule has 0 aromatic rings. The minimum Gasteiger partial charge on any atom is -0.299 e. The van der Waals surface area contributed by atoms with E-state index in [1.807, 2.05) is 0 Å². The van der Waals surface area contributed by atoms with Crippen LogP contribution in [0.25, 0.3) is 0 Å². The molecule has 4 rings (SSSR count). The molecule has 0 unspecified atom stereocenters. The predicted molar refractivity (Wildman–Crippen MR) is 32.8 cm³/mol. The van der Waals surface area contributed by atoms with E-state index < -0.39 is 0 Å². The fourth-order valence-electron chi connectivity index (χ4n) is 3.02. The Bertz CT molecular complexity index is 173. The van der Waals surface area contributed by atoms with Crippen molar-refractivity contribution in [1.29, 1.82) is 0 Å². The second-order valence-electron chi connectivity index (χ2n) is 3.86. The van der Waals surface area contributed by atoms with Crippen molar-refractivity contribution in [3.63, 3.8) is 0 Å². The average Bonchev–Trinajstić information content (AvgIpc) is 2.37. The predicted octanol–water partition coefficient (Wildman–Crippen LogP) is 1.23. The quantitative estimate of drug-likeness (QED) is 0.472. The lowest BCUT2D eigenvalue weighted by molar-refractivity contribution is -0.124. The fourth-order valence-corrected chi connectivity index (χ4v) is 3.02. The van der Waals surface area contributed by atoms with E-state index in [1.54, 1.807) is 0 Å². The van der Waals surface area contributed by atoms with Gasteiger partial charge in [0.1, 0.15) is 5.78 Å². The molecule has 0 aromatic carbocycles. The maximum absolute atomic E-state index is 11.1. The maximum Gasteiger partial charge on any atom is 0.136 e. The third-order valence-corrected chi connectivity index (χ3v) is 3.40. The number of hydrogen-bond acceptors (Lipinski definition) is 1. The largest absolute Gasteiger partial charge is 0.299 e. The highest BCUT2D eigenvalue weighted by Crippen LogP contribution is 2.64. The Morgan fingerprint density at radius 3 is 2.22 bits per heavy atom. The molecule has 0 heterocycles. The lowest BCUT2D eigenvalue weighted by Gasteiger charge is -2.19. The Morgan fingerprint density at radius 1 is 1.22 bits per heavy atom. The van der Waals surface area contributed by atoms with Crippen molar-refractivity contribution >= 4 is 5.78 Å². The topological polar surface area (TPSA) is 17.1 Å². The van der Waals surface area contributed by atoms with Gasteiger partial charge in [0.2, 0.25) is 0 Å². The molecule has 0 aliphatic heterocycles. The summed E-state index contributed by atoms with van der Waals surface area (Å²) in [6.07, 6.45) is 3.71. The summed E-state index contributed by atoms with van der Waals surface area (Å²) >= 11 is 0. The fraction of sp³-hybridized carbons (Fsp3) is 0.875. The molecule has 4 bridgehead atoms. The van der Waals surface area contributed by atoms with Gasteiger partial charge in [0.05, 0.1) is 0 Å². The van der Waals surface area contributed by atoms with Crippen LogP contribution in [0.2, 0.25) is 0 Å². The molecule has 4 aliphatic rings. The summed E-state index contributed by atoms with van der Waals surface area (Å²) in [5.41, 5.74) is 0.